The first-order valence-electron chi connectivity index (χ1n) is 4.90. The predicted molar refractivity (Wildman–Crippen MR) is 54.3 cm³/mol. The Labute approximate surface area is 79.8 Å². The van der Waals surface area contributed by atoms with Crippen LogP contribution in [0, 0.1) is 11.7 Å². The molecule has 0 atom stereocenters. The molecule has 1 heteroatoms. The zero-order valence-electron chi connectivity index (χ0n) is 8.60. The molecular weight excluding hydrogens is 163 g/mol. The largest absolute Gasteiger partial charge is 0.207 e. The minimum absolute atomic E-state index is 0.0550. The number of halogens is 1. The molecular formula is C12H17F. The Morgan fingerprint density at radius 3 is 2.46 bits per heavy atom. The number of rotatable bonds is 3. The maximum absolute atomic E-state index is 13.3. The van der Waals surface area contributed by atoms with E-state index in [0.717, 1.165) is 24.0 Å². The van der Waals surface area contributed by atoms with Gasteiger partial charge in [-0.15, -0.1) is 0 Å². The zero-order chi connectivity index (χ0) is 9.84. The van der Waals surface area contributed by atoms with Gasteiger partial charge in [0.05, 0.1) is 0 Å². The molecule has 0 aliphatic heterocycles. The Balaban J connectivity index is 2.83. The Morgan fingerprint density at radius 1 is 1.31 bits per heavy atom. The molecule has 13 heavy (non-hydrogen) atoms. The fourth-order valence-corrected chi connectivity index (χ4v) is 1.48. The summed E-state index contributed by atoms with van der Waals surface area (Å²) in [7, 11) is 0. The molecule has 0 aliphatic carbocycles. The van der Waals surface area contributed by atoms with Gasteiger partial charge in [-0.2, -0.15) is 0 Å². The van der Waals surface area contributed by atoms with Crippen LogP contribution in [0.15, 0.2) is 18.2 Å². The van der Waals surface area contributed by atoms with E-state index in [2.05, 4.69) is 13.8 Å². The molecule has 0 spiro atoms. The summed E-state index contributed by atoms with van der Waals surface area (Å²) in [6, 6.07) is 5.59. The summed E-state index contributed by atoms with van der Waals surface area (Å²) in [5.41, 5.74) is 1.91. The van der Waals surface area contributed by atoms with Crippen molar-refractivity contribution in [3.8, 4) is 0 Å². The number of hydrogen-bond acceptors (Lipinski definition) is 0. The predicted octanol–water partition coefficient (Wildman–Crippen LogP) is 3.59. The van der Waals surface area contributed by atoms with Gasteiger partial charge < -0.3 is 0 Å². The number of benzene rings is 1. The second-order valence-corrected chi connectivity index (χ2v) is 3.88. The fraction of sp³-hybridized carbons (Fsp3) is 0.500. The first-order valence-corrected chi connectivity index (χ1v) is 4.90. The molecule has 72 valence electrons. The Hall–Kier alpha value is -0.850. The van der Waals surface area contributed by atoms with Crippen LogP contribution in [-0.2, 0) is 12.8 Å². The minimum Gasteiger partial charge on any atom is -0.207 e. The van der Waals surface area contributed by atoms with Crippen molar-refractivity contribution in [1.82, 2.24) is 0 Å². The Kier molecular flexibility index (Phi) is 3.47. The van der Waals surface area contributed by atoms with Gasteiger partial charge in [0.1, 0.15) is 5.82 Å². The maximum Gasteiger partial charge on any atom is 0.126 e. The van der Waals surface area contributed by atoms with Crippen LogP contribution in [0.25, 0.3) is 0 Å². The lowest BCUT2D eigenvalue weighted by atomic mass is 10.0. The summed E-state index contributed by atoms with van der Waals surface area (Å²) in [4.78, 5) is 0. The van der Waals surface area contributed by atoms with E-state index in [4.69, 9.17) is 0 Å². The quantitative estimate of drug-likeness (QED) is 0.667. The highest BCUT2D eigenvalue weighted by Crippen LogP contribution is 2.14. The van der Waals surface area contributed by atoms with Crippen molar-refractivity contribution in [2.24, 2.45) is 5.92 Å². The van der Waals surface area contributed by atoms with E-state index < -0.39 is 0 Å². The standard InChI is InChI=1S/C12H17F/c1-4-11-6-5-10(7-9(2)3)8-12(11)13/h5-6,8-9H,4,7H2,1-3H3. The summed E-state index contributed by atoms with van der Waals surface area (Å²) in [5, 5.41) is 0. The molecule has 1 rings (SSSR count). The molecule has 0 fully saturated rings. The molecule has 1 aromatic carbocycles. The van der Waals surface area contributed by atoms with Crippen LogP contribution in [0.4, 0.5) is 4.39 Å². The van der Waals surface area contributed by atoms with E-state index in [1.807, 2.05) is 19.1 Å². The Bertz CT molecular complexity index is 276. The van der Waals surface area contributed by atoms with Gasteiger partial charge >= 0.3 is 0 Å². The fourth-order valence-electron chi connectivity index (χ4n) is 1.48. The van der Waals surface area contributed by atoms with E-state index in [1.165, 1.54) is 0 Å². The lowest BCUT2D eigenvalue weighted by Crippen LogP contribution is -1.96. The van der Waals surface area contributed by atoms with E-state index in [9.17, 15) is 4.39 Å². The molecule has 0 unspecified atom stereocenters. The summed E-state index contributed by atoms with van der Waals surface area (Å²) >= 11 is 0. The Morgan fingerprint density at radius 2 is 2.00 bits per heavy atom. The molecule has 0 heterocycles. The van der Waals surface area contributed by atoms with Crippen molar-refractivity contribution in [2.75, 3.05) is 0 Å². The zero-order valence-corrected chi connectivity index (χ0v) is 8.60. The van der Waals surface area contributed by atoms with Crippen molar-refractivity contribution in [3.63, 3.8) is 0 Å². The molecule has 0 aromatic heterocycles. The van der Waals surface area contributed by atoms with Crippen LogP contribution in [0.1, 0.15) is 31.9 Å². The van der Waals surface area contributed by atoms with Crippen molar-refractivity contribution in [2.45, 2.75) is 33.6 Å². The van der Waals surface area contributed by atoms with Gasteiger partial charge in [-0.05, 0) is 36.0 Å². The third-order valence-corrected chi connectivity index (χ3v) is 2.14. The summed E-state index contributed by atoms with van der Waals surface area (Å²) in [6.45, 7) is 6.26. The van der Waals surface area contributed by atoms with Crippen LogP contribution >= 0.6 is 0 Å². The van der Waals surface area contributed by atoms with E-state index in [-0.39, 0.29) is 5.82 Å². The van der Waals surface area contributed by atoms with Crippen molar-refractivity contribution in [1.29, 1.82) is 0 Å². The van der Waals surface area contributed by atoms with Gasteiger partial charge in [-0.3, -0.25) is 0 Å². The summed E-state index contributed by atoms with van der Waals surface area (Å²) in [5.74, 6) is 0.535. The van der Waals surface area contributed by atoms with Gasteiger partial charge in [0.25, 0.3) is 0 Å². The van der Waals surface area contributed by atoms with Crippen LogP contribution in [-0.4, -0.2) is 0 Å². The van der Waals surface area contributed by atoms with E-state index in [0.29, 0.717) is 5.92 Å². The minimum atomic E-state index is -0.0550. The molecule has 0 amide bonds. The highest BCUT2D eigenvalue weighted by Gasteiger charge is 2.02. The first-order chi connectivity index (χ1) is 6.13. The van der Waals surface area contributed by atoms with E-state index >= 15 is 0 Å². The average Bonchev–Trinajstić information content (AvgIpc) is 2.03. The highest BCUT2D eigenvalue weighted by molar-refractivity contribution is 5.24. The monoisotopic (exact) mass is 180 g/mol. The molecule has 0 radical (unpaired) electrons. The molecule has 0 saturated heterocycles. The molecule has 0 nitrogen and oxygen atoms in total. The lowest BCUT2D eigenvalue weighted by molar-refractivity contribution is 0.600. The highest BCUT2D eigenvalue weighted by atomic mass is 19.1. The third-order valence-electron chi connectivity index (χ3n) is 2.14. The van der Waals surface area contributed by atoms with Crippen molar-refractivity contribution in [3.05, 3.63) is 35.1 Å². The average molecular weight is 180 g/mol. The van der Waals surface area contributed by atoms with Gasteiger partial charge in [-0.1, -0.05) is 32.9 Å². The maximum atomic E-state index is 13.3. The molecule has 0 bridgehead atoms. The van der Waals surface area contributed by atoms with Crippen LogP contribution < -0.4 is 0 Å². The van der Waals surface area contributed by atoms with Crippen LogP contribution in [0.3, 0.4) is 0 Å². The topological polar surface area (TPSA) is 0 Å². The summed E-state index contributed by atoms with van der Waals surface area (Å²) < 4.78 is 13.3. The normalized spacial score (nSPS) is 10.8. The number of hydrogen-bond donors (Lipinski definition) is 0. The number of aryl methyl sites for hydroxylation is 1. The molecule has 1 aromatic rings. The van der Waals surface area contributed by atoms with Crippen molar-refractivity contribution >= 4 is 0 Å². The van der Waals surface area contributed by atoms with Gasteiger partial charge in [0, 0.05) is 0 Å². The van der Waals surface area contributed by atoms with Gasteiger partial charge in [0.2, 0.25) is 0 Å². The second-order valence-electron chi connectivity index (χ2n) is 3.88. The van der Waals surface area contributed by atoms with Crippen molar-refractivity contribution < 1.29 is 4.39 Å². The lowest BCUT2D eigenvalue weighted by Gasteiger charge is -2.06. The smallest absolute Gasteiger partial charge is 0.126 e. The molecule has 0 aliphatic rings. The van der Waals surface area contributed by atoms with Crippen LogP contribution in [0.5, 0.6) is 0 Å². The molecule has 0 N–H and O–H groups in total. The second kappa shape index (κ2) is 4.40. The first kappa shape index (κ1) is 10.2. The van der Waals surface area contributed by atoms with Gasteiger partial charge in [0.15, 0.2) is 0 Å². The van der Waals surface area contributed by atoms with Crippen LogP contribution in [0.2, 0.25) is 0 Å². The molecule has 0 saturated carbocycles. The van der Waals surface area contributed by atoms with Gasteiger partial charge in [-0.25, -0.2) is 4.39 Å². The SMILES string of the molecule is CCc1ccc(CC(C)C)cc1F. The third kappa shape index (κ3) is 2.83. The summed E-state index contributed by atoms with van der Waals surface area (Å²) in [6.07, 6.45) is 1.73. The van der Waals surface area contributed by atoms with E-state index in [1.54, 1.807) is 6.07 Å².